The average molecular weight is 541 g/mol. The lowest BCUT2D eigenvalue weighted by Gasteiger charge is -2.26. The predicted octanol–water partition coefficient (Wildman–Crippen LogP) is 2.71. The first-order chi connectivity index (χ1) is 19.0. The highest BCUT2D eigenvalue weighted by molar-refractivity contribution is 7.07. The Morgan fingerprint density at radius 2 is 1.85 bits per heavy atom. The first kappa shape index (κ1) is 26.2. The molecule has 3 heterocycles. The number of nitrogens with zero attached hydrogens (tertiary/aromatic N) is 3. The van der Waals surface area contributed by atoms with E-state index in [4.69, 9.17) is 5.73 Å². The molecule has 1 unspecified atom stereocenters. The van der Waals surface area contributed by atoms with Crippen molar-refractivity contribution < 1.29 is 14.4 Å². The number of nitrogens with one attached hydrogen (secondary N) is 2. The zero-order valence-electron chi connectivity index (χ0n) is 21.2. The lowest BCUT2D eigenvalue weighted by molar-refractivity contribution is -0.120. The van der Waals surface area contributed by atoms with Crippen LogP contribution in [-0.4, -0.2) is 46.8 Å². The Balaban J connectivity index is 1.49. The molecule has 0 spiro atoms. The van der Waals surface area contributed by atoms with Gasteiger partial charge in [-0.3, -0.25) is 24.7 Å². The maximum absolute atomic E-state index is 14.1. The Labute approximate surface area is 230 Å². The fraction of sp³-hybridized carbons (Fsp3) is 0.207. The minimum absolute atomic E-state index is 0.0804. The average Bonchev–Trinajstić information content (AvgIpc) is 3.64. The number of nitrogens with two attached hydrogens (primary N) is 1. The number of anilines is 1. The Kier molecular flexibility index (Phi) is 8.04. The largest absolute Gasteiger partial charge is 0.368 e. The van der Waals surface area contributed by atoms with E-state index in [9.17, 15) is 14.4 Å². The van der Waals surface area contributed by atoms with Gasteiger partial charge < -0.3 is 16.0 Å². The third-order valence-electron chi connectivity index (χ3n) is 6.64. The lowest BCUT2D eigenvalue weighted by atomic mass is 9.97. The normalized spacial score (nSPS) is 13.1. The highest BCUT2D eigenvalue weighted by Crippen LogP contribution is 2.36. The zero-order valence-corrected chi connectivity index (χ0v) is 22.0. The third-order valence-corrected chi connectivity index (χ3v) is 7.28. The van der Waals surface area contributed by atoms with Gasteiger partial charge >= 0.3 is 0 Å². The van der Waals surface area contributed by atoms with Gasteiger partial charge in [0, 0.05) is 42.1 Å². The number of pyridine rings is 1. The van der Waals surface area contributed by atoms with Crippen molar-refractivity contribution in [2.24, 2.45) is 5.73 Å². The number of aromatic nitrogens is 2. The van der Waals surface area contributed by atoms with Gasteiger partial charge in [-0.25, -0.2) is 4.98 Å². The number of benzene rings is 2. The van der Waals surface area contributed by atoms with Gasteiger partial charge in [-0.2, -0.15) is 0 Å². The van der Waals surface area contributed by atoms with Crippen LogP contribution in [0.4, 0.5) is 5.69 Å². The highest BCUT2D eigenvalue weighted by Gasteiger charge is 2.33. The van der Waals surface area contributed by atoms with Crippen LogP contribution in [-0.2, 0) is 29.0 Å². The molecule has 4 N–H and O–H groups in total. The van der Waals surface area contributed by atoms with E-state index in [2.05, 4.69) is 20.6 Å². The molecule has 9 nitrogen and oxygen atoms in total. The molecule has 2 aromatic heterocycles. The molecule has 5 rings (SSSR count). The van der Waals surface area contributed by atoms with Crippen molar-refractivity contribution in [3.8, 4) is 11.1 Å². The highest BCUT2D eigenvalue weighted by atomic mass is 32.1. The van der Waals surface area contributed by atoms with Gasteiger partial charge in [-0.05, 0) is 59.4 Å². The maximum atomic E-state index is 14.1. The van der Waals surface area contributed by atoms with Crippen LogP contribution in [0.3, 0.4) is 0 Å². The summed E-state index contributed by atoms with van der Waals surface area (Å²) in [4.78, 5) is 48.7. The van der Waals surface area contributed by atoms with E-state index in [0.29, 0.717) is 37.2 Å². The van der Waals surface area contributed by atoms with Crippen LogP contribution < -0.4 is 21.3 Å². The van der Waals surface area contributed by atoms with Crippen LogP contribution in [0.15, 0.2) is 77.9 Å². The molecule has 4 aromatic rings. The second-order valence-corrected chi connectivity index (χ2v) is 9.97. The summed E-state index contributed by atoms with van der Waals surface area (Å²) in [5.41, 5.74) is 12.4. The quantitative estimate of drug-likeness (QED) is 0.284. The van der Waals surface area contributed by atoms with Gasteiger partial charge in [0.05, 0.1) is 23.8 Å². The molecule has 2 aromatic carbocycles. The van der Waals surface area contributed by atoms with E-state index in [0.717, 1.165) is 27.9 Å². The molecule has 3 amide bonds. The molecule has 198 valence electrons. The summed E-state index contributed by atoms with van der Waals surface area (Å²) < 4.78 is 0. The summed E-state index contributed by atoms with van der Waals surface area (Å²) in [7, 11) is 0. The number of carbonyl (C=O) groups is 3. The van der Waals surface area contributed by atoms with E-state index in [1.807, 2.05) is 53.9 Å². The van der Waals surface area contributed by atoms with Crippen molar-refractivity contribution in [1.29, 1.82) is 0 Å². The molecular weight excluding hydrogens is 512 g/mol. The van der Waals surface area contributed by atoms with Gasteiger partial charge in [0.15, 0.2) is 0 Å². The van der Waals surface area contributed by atoms with Crippen molar-refractivity contribution in [3.05, 3.63) is 100 Å². The van der Waals surface area contributed by atoms with Gasteiger partial charge in [-0.1, -0.05) is 30.3 Å². The first-order valence-electron chi connectivity index (χ1n) is 12.6. The standard InChI is InChI=1S/C29H28N6O3S/c30-27(36)16-33-28(37)24-13-21(20-6-9-31-10-7-20)14-26-23(24)8-11-35(26)29(38)25(12-19-4-2-1-3-5-19)32-15-22-17-39-18-34-22/h1-7,9-10,13-14,17-18,25,32H,8,11-12,15-16H2,(H2,30,36)(H,33,37). The van der Waals surface area contributed by atoms with Crippen LogP contribution in [0.25, 0.3) is 11.1 Å². The Bertz CT molecular complexity index is 1460. The second-order valence-electron chi connectivity index (χ2n) is 9.25. The Morgan fingerprint density at radius 3 is 2.56 bits per heavy atom. The summed E-state index contributed by atoms with van der Waals surface area (Å²) in [6, 6.07) is 16.8. The van der Waals surface area contributed by atoms with E-state index >= 15 is 0 Å². The van der Waals surface area contributed by atoms with E-state index in [1.54, 1.807) is 28.9 Å². The molecule has 0 aliphatic carbocycles. The summed E-state index contributed by atoms with van der Waals surface area (Å²) in [6.07, 6.45) is 4.38. The maximum Gasteiger partial charge on any atom is 0.252 e. The number of hydrogen-bond acceptors (Lipinski definition) is 7. The van der Waals surface area contributed by atoms with Gasteiger partial charge in [0.2, 0.25) is 11.8 Å². The molecule has 0 bridgehead atoms. The number of hydrogen-bond donors (Lipinski definition) is 3. The minimum atomic E-state index is -0.628. The topological polar surface area (TPSA) is 130 Å². The summed E-state index contributed by atoms with van der Waals surface area (Å²) in [6.45, 7) is 0.633. The molecule has 0 fully saturated rings. The molecule has 1 aliphatic heterocycles. The molecule has 1 atom stereocenters. The van der Waals surface area contributed by atoms with Crippen LogP contribution >= 0.6 is 11.3 Å². The predicted molar refractivity (Wildman–Crippen MR) is 150 cm³/mol. The molecule has 0 saturated heterocycles. The number of carbonyl (C=O) groups excluding carboxylic acids is 3. The number of fused-ring (bicyclic) bond motifs is 1. The monoisotopic (exact) mass is 540 g/mol. The molecule has 10 heteroatoms. The Hall–Kier alpha value is -4.41. The van der Waals surface area contributed by atoms with Crippen LogP contribution in [0.2, 0.25) is 0 Å². The van der Waals surface area contributed by atoms with Gasteiger partial charge in [-0.15, -0.1) is 11.3 Å². The zero-order chi connectivity index (χ0) is 27.2. The molecule has 1 aliphatic rings. The molecular formula is C29H28N6O3S. The molecule has 0 saturated carbocycles. The summed E-state index contributed by atoms with van der Waals surface area (Å²) >= 11 is 1.51. The van der Waals surface area contributed by atoms with Crippen molar-refractivity contribution in [2.45, 2.75) is 25.4 Å². The van der Waals surface area contributed by atoms with Crippen LogP contribution in [0, 0.1) is 0 Å². The second kappa shape index (κ2) is 12.0. The fourth-order valence-corrected chi connectivity index (χ4v) is 5.31. The fourth-order valence-electron chi connectivity index (χ4n) is 4.75. The summed E-state index contributed by atoms with van der Waals surface area (Å²) in [5.74, 6) is -1.11. The smallest absolute Gasteiger partial charge is 0.252 e. The number of amides is 3. The van der Waals surface area contributed by atoms with E-state index in [1.165, 1.54) is 11.3 Å². The van der Waals surface area contributed by atoms with E-state index in [-0.39, 0.29) is 12.5 Å². The summed E-state index contributed by atoms with van der Waals surface area (Å²) in [5, 5.41) is 7.96. The lowest BCUT2D eigenvalue weighted by Crippen LogP contribution is -2.47. The van der Waals surface area contributed by atoms with Gasteiger partial charge in [0.1, 0.15) is 0 Å². The number of thiazole rings is 1. The minimum Gasteiger partial charge on any atom is -0.368 e. The van der Waals surface area contributed by atoms with Gasteiger partial charge in [0.25, 0.3) is 5.91 Å². The van der Waals surface area contributed by atoms with Crippen molar-refractivity contribution in [2.75, 3.05) is 18.0 Å². The number of rotatable bonds is 10. The van der Waals surface area contributed by atoms with Crippen molar-refractivity contribution in [1.82, 2.24) is 20.6 Å². The first-order valence-corrected chi connectivity index (χ1v) is 13.5. The SMILES string of the molecule is NC(=O)CNC(=O)c1cc(-c2ccncc2)cc2c1CCN2C(=O)C(Cc1ccccc1)NCc1cscn1. The van der Waals surface area contributed by atoms with Crippen LogP contribution in [0.1, 0.15) is 27.2 Å². The number of primary amides is 1. The van der Waals surface area contributed by atoms with E-state index < -0.39 is 17.9 Å². The van der Waals surface area contributed by atoms with Crippen LogP contribution in [0.5, 0.6) is 0 Å². The van der Waals surface area contributed by atoms with Crippen molar-refractivity contribution in [3.63, 3.8) is 0 Å². The third kappa shape index (κ3) is 6.19. The molecule has 39 heavy (non-hydrogen) atoms. The van der Waals surface area contributed by atoms with Crippen molar-refractivity contribution >= 4 is 34.7 Å². The Morgan fingerprint density at radius 1 is 1.05 bits per heavy atom. The molecule has 0 radical (unpaired) electrons.